The van der Waals surface area contributed by atoms with Crippen LogP contribution in [0.25, 0.3) is 0 Å². The Morgan fingerprint density at radius 2 is 2.00 bits per heavy atom. The molecule has 1 aliphatic rings. The molecule has 0 unspecified atom stereocenters. The van der Waals surface area contributed by atoms with Gasteiger partial charge in [-0.25, -0.2) is 0 Å². The molecule has 6 heteroatoms. The highest BCUT2D eigenvalue weighted by Crippen LogP contribution is 2.14. The molecule has 0 aromatic heterocycles. The van der Waals surface area contributed by atoms with Crippen molar-refractivity contribution in [2.75, 3.05) is 13.1 Å². The number of carbonyl (C=O) groups is 1. The van der Waals surface area contributed by atoms with Crippen LogP contribution in [0.4, 0.5) is 0 Å². The number of hydrogen-bond donors (Lipinski definition) is 3. The van der Waals surface area contributed by atoms with Gasteiger partial charge in [0.25, 0.3) is 0 Å². The minimum absolute atomic E-state index is 0. The molecule has 0 saturated carbocycles. The first-order valence-electron chi connectivity index (χ1n) is 6.45. The Hall–Kier alpha value is -0.790. The summed E-state index contributed by atoms with van der Waals surface area (Å²) >= 11 is 0. The summed E-state index contributed by atoms with van der Waals surface area (Å²) in [6, 6.07) is 0.402. The van der Waals surface area contributed by atoms with Gasteiger partial charge in [0.05, 0.1) is 12.0 Å². The summed E-state index contributed by atoms with van der Waals surface area (Å²) in [5, 5.41) is 6.53. The van der Waals surface area contributed by atoms with Crippen LogP contribution < -0.4 is 16.4 Å². The molecule has 1 rings (SSSR count). The Morgan fingerprint density at radius 3 is 2.47 bits per heavy atom. The maximum absolute atomic E-state index is 11.2. The summed E-state index contributed by atoms with van der Waals surface area (Å²) in [5.41, 5.74) is 4.72. The zero-order chi connectivity index (χ0) is 13.6. The van der Waals surface area contributed by atoms with Crippen LogP contribution in [0.1, 0.15) is 33.6 Å². The monoisotopic (exact) mass is 380 g/mol. The third-order valence-electron chi connectivity index (χ3n) is 2.99. The van der Waals surface area contributed by atoms with Gasteiger partial charge < -0.3 is 16.4 Å². The number of carbonyl (C=O) groups excluding carboxylic acids is 1. The third-order valence-corrected chi connectivity index (χ3v) is 2.99. The molecule has 19 heavy (non-hydrogen) atoms. The van der Waals surface area contributed by atoms with Crippen LogP contribution in [0.2, 0.25) is 0 Å². The van der Waals surface area contributed by atoms with Gasteiger partial charge in [0.1, 0.15) is 0 Å². The van der Waals surface area contributed by atoms with Crippen LogP contribution in [-0.2, 0) is 4.79 Å². The number of hydrogen-bond acceptors (Lipinski definition) is 2. The topological polar surface area (TPSA) is 79.5 Å². The lowest BCUT2D eigenvalue weighted by molar-refractivity contribution is -0.125. The number of rotatable bonds is 5. The predicted octanol–water partition coefficient (Wildman–Crippen LogP) is 1.39. The van der Waals surface area contributed by atoms with E-state index in [1.807, 2.05) is 6.92 Å². The van der Waals surface area contributed by atoms with Gasteiger partial charge >= 0.3 is 0 Å². The molecule has 1 amide bonds. The molecule has 110 valence electrons. The molecule has 0 atom stereocenters. The third kappa shape index (κ3) is 6.26. The first-order valence-corrected chi connectivity index (χ1v) is 6.45. The van der Waals surface area contributed by atoms with E-state index < -0.39 is 5.41 Å². The summed E-state index contributed by atoms with van der Waals surface area (Å²) in [5.74, 6) is 0.421. The molecule has 0 aliphatic heterocycles. The van der Waals surface area contributed by atoms with Crippen molar-refractivity contribution in [3.8, 4) is 0 Å². The van der Waals surface area contributed by atoms with Crippen LogP contribution in [0, 0.1) is 5.41 Å². The average Bonchev–Trinajstić information content (AvgIpc) is 2.79. The van der Waals surface area contributed by atoms with Crippen molar-refractivity contribution >= 4 is 35.8 Å². The second kappa shape index (κ2) is 8.39. The molecule has 0 saturated heterocycles. The van der Waals surface area contributed by atoms with Crippen LogP contribution in [-0.4, -0.2) is 31.0 Å². The first-order chi connectivity index (χ1) is 8.45. The van der Waals surface area contributed by atoms with Gasteiger partial charge in [-0.15, -0.1) is 24.0 Å². The van der Waals surface area contributed by atoms with E-state index in [1.165, 1.54) is 0 Å². The number of nitrogens with one attached hydrogen (secondary N) is 2. The van der Waals surface area contributed by atoms with Gasteiger partial charge in [-0.05, 0) is 33.6 Å². The number of aliphatic imine (C=N–C) groups is 1. The van der Waals surface area contributed by atoms with E-state index in [0.29, 0.717) is 12.6 Å². The lowest BCUT2D eigenvalue weighted by Gasteiger charge is -2.21. The van der Waals surface area contributed by atoms with E-state index >= 15 is 0 Å². The summed E-state index contributed by atoms with van der Waals surface area (Å²) in [6.07, 6.45) is 6.36. The van der Waals surface area contributed by atoms with Crippen molar-refractivity contribution in [2.24, 2.45) is 16.1 Å². The molecule has 0 heterocycles. The van der Waals surface area contributed by atoms with E-state index in [-0.39, 0.29) is 29.9 Å². The van der Waals surface area contributed by atoms with Crippen molar-refractivity contribution in [3.63, 3.8) is 0 Å². The largest absolute Gasteiger partial charge is 0.369 e. The van der Waals surface area contributed by atoms with Gasteiger partial charge in [-0.2, -0.15) is 0 Å². The number of primary amides is 1. The maximum Gasteiger partial charge on any atom is 0.224 e. The molecule has 5 nitrogen and oxygen atoms in total. The van der Waals surface area contributed by atoms with Crippen LogP contribution in [0.3, 0.4) is 0 Å². The normalized spacial score (nSPS) is 16.1. The van der Waals surface area contributed by atoms with E-state index in [9.17, 15) is 4.79 Å². The average molecular weight is 380 g/mol. The highest BCUT2D eigenvalue weighted by molar-refractivity contribution is 14.0. The second-order valence-corrected chi connectivity index (χ2v) is 5.23. The van der Waals surface area contributed by atoms with E-state index in [2.05, 4.69) is 27.8 Å². The SMILES string of the molecule is CCNC(=NCC(C)(C)C(N)=O)NC1CC=CC1.I. The minimum Gasteiger partial charge on any atom is -0.369 e. The number of nitrogens with two attached hydrogens (primary N) is 1. The minimum atomic E-state index is -0.615. The fraction of sp³-hybridized carbons (Fsp3) is 0.692. The predicted molar refractivity (Wildman–Crippen MR) is 89.7 cm³/mol. The number of nitrogens with zero attached hydrogens (tertiary/aromatic N) is 1. The van der Waals surface area contributed by atoms with Crippen molar-refractivity contribution in [1.29, 1.82) is 0 Å². The number of halogens is 1. The Kier molecular flexibility index (Phi) is 8.05. The Bertz CT molecular complexity index is 345. The lowest BCUT2D eigenvalue weighted by Crippen LogP contribution is -2.43. The van der Waals surface area contributed by atoms with E-state index in [0.717, 1.165) is 25.3 Å². The molecule has 0 aromatic carbocycles. The lowest BCUT2D eigenvalue weighted by atomic mass is 9.93. The van der Waals surface area contributed by atoms with Crippen molar-refractivity contribution in [1.82, 2.24) is 10.6 Å². The second-order valence-electron chi connectivity index (χ2n) is 5.23. The van der Waals surface area contributed by atoms with E-state index in [1.54, 1.807) is 13.8 Å². The van der Waals surface area contributed by atoms with Gasteiger partial charge in [-0.1, -0.05) is 12.2 Å². The molecule has 0 spiro atoms. The summed E-state index contributed by atoms with van der Waals surface area (Å²) in [7, 11) is 0. The molecule has 0 bridgehead atoms. The van der Waals surface area contributed by atoms with E-state index in [4.69, 9.17) is 5.73 Å². The maximum atomic E-state index is 11.2. The van der Waals surface area contributed by atoms with Gasteiger partial charge in [0.2, 0.25) is 5.91 Å². The van der Waals surface area contributed by atoms with Gasteiger partial charge in [0.15, 0.2) is 5.96 Å². The van der Waals surface area contributed by atoms with Crippen LogP contribution >= 0.6 is 24.0 Å². The van der Waals surface area contributed by atoms with Crippen LogP contribution in [0.5, 0.6) is 0 Å². The molecule has 0 radical (unpaired) electrons. The fourth-order valence-electron chi connectivity index (χ4n) is 1.60. The molecule has 4 N–H and O–H groups in total. The fourth-order valence-corrected chi connectivity index (χ4v) is 1.60. The highest BCUT2D eigenvalue weighted by atomic mass is 127. The number of amides is 1. The summed E-state index contributed by atoms with van der Waals surface area (Å²) in [4.78, 5) is 15.7. The quantitative estimate of drug-likeness (QED) is 0.292. The molecule has 0 aromatic rings. The Balaban J connectivity index is 0.00000324. The Labute approximate surface area is 132 Å². The van der Waals surface area contributed by atoms with Crippen molar-refractivity contribution < 1.29 is 4.79 Å². The molecular formula is C13H25IN4O. The number of guanidine groups is 1. The van der Waals surface area contributed by atoms with Gasteiger partial charge in [-0.3, -0.25) is 9.79 Å². The zero-order valence-electron chi connectivity index (χ0n) is 11.9. The smallest absolute Gasteiger partial charge is 0.224 e. The highest BCUT2D eigenvalue weighted by Gasteiger charge is 2.24. The zero-order valence-corrected chi connectivity index (χ0v) is 14.2. The van der Waals surface area contributed by atoms with Crippen LogP contribution in [0.15, 0.2) is 17.1 Å². The first kappa shape index (κ1) is 18.2. The molecular weight excluding hydrogens is 355 g/mol. The molecule has 0 fully saturated rings. The standard InChI is InChI=1S/C13H24N4O.HI/c1-4-15-12(17-10-7-5-6-8-10)16-9-13(2,3)11(14)18;/h5-6,10H,4,7-9H2,1-3H3,(H2,14,18)(H2,15,16,17);1H. The Morgan fingerprint density at radius 1 is 1.42 bits per heavy atom. The van der Waals surface area contributed by atoms with Crippen molar-refractivity contribution in [3.05, 3.63) is 12.2 Å². The van der Waals surface area contributed by atoms with Crippen molar-refractivity contribution in [2.45, 2.75) is 39.7 Å². The van der Waals surface area contributed by atoms with Gasteiger partial charge in [0, 0.05) is 12.6 Å². The molecule has 1 aliphatic carbocycles. The summed E-state index contributed by atoms with van der Waals surface area (Å²) < 4.78 is 0. The summed E-state index contributed by atoms with van der Waals surface area (Å²) in [6.45, 7) is 6.81.